The largest absolute Gasteiger partial charge is 0.256 e. The third-order valence-corrected chi connectivity index (χ3v) is 10.5. The third kappa shape index (κ3) is 4.98. The fourth-order valence-corrected chi connectivity index (χ4v) is 8.19. The molecule has 0 bridgehead atoms. The monoisotopic (exact) mass is 659 g/mol. The van der Waals surface area contributed by atoms with Gasteiger partial charge in [0.2, 0.25) is 0 Å². The second-order valence-electron chi connectivity index (χ2n) is 13.5. The van der Waals surface area contributed by atoms with Crippen LogP contribution in [-0.4, -0.2) is 4.98 Å². The van der Waals surface area contributed by atoms with Crippen LogP contribution in [0, 0.1) is 0 Å². The number of aromatic nitrogens is 1. The predicted molar refractivity (Wildman–Crippen MR) is 221 cm³/mol. The van der Waals surface area contributed by atoms with Gasteiger partial charge < -0.3 is 0 Å². The molecule has 242 valence electrons. The normalized spacial score (nSPS) is 11.5. The van der Waals surface area contributed by atoms with Crippen molar-refractivity contribution in [1.82, 2.24) is 4.98 Å². The van der Waals surface area contributed by atoms with E-state index in [1.165, 1.54) is 82.0 Å². The van der Waals surface area contributed by atoms with Gasteiger partial charge in [0.1, 0.15) is 0 Å². The minimum atomic E-state index is 0.977. The number of benzene rings is 9. The summed E-state index contributed by atoms with van der Waals surface area (Å²) in [5.74, 6) is 0. The molecule has 52 heavy (non-hydrogen) atoms. The molecule has 0 radical (unpaired) electrons. The first-order valence-electron chi connectivity index (χ1n) is 17.9. The van der Waals surface area contributed by atoms with Crippen LogP contribution < -0.4 is 0 Å². The number of pyridine rings is 1. The van der Waals surface area contributed by atoms with Crippen LogP contribution in [0.15, 0.2) is 200 Å². The lowest BCUT2D eigenvalue weighted by atomic mass is 9.84. The lowest BCUT2D eigenvalue weighted by Gasteiger charge is -2.19. The highest BCUT2D eigenvalue weighted by molar-refractivity contribution is 6.24. The minimum absolute atomic E-state index is 0.977. The van der Waals surface area contributed by atoms with Crippen LogP contribution in [0.5, 0.6) is 0 Å². The Morgan fingerprint density at radius 2 is 0.750 bits per heavy atom. The summed E-state index contributed by atoms with van der Waals surface area (Å²) in [5.41, 5.74) is 11.9. The summed E-state index contributed by atoms with van der Waals surface area (Å²) in [5, 5.41) is 9.94. The highest BCUT2D eigenvalue weighted by atomic mass is 14.7. The van der Waals surface area contributed by atoms with E-state index in [0.717, 1.165) is 16.8 Å². The molecule has 0 N–H and O–H groups in total. The van der Waals surface area contributed by atoms with E-state index in [9.17, 15) is 0 Å². The Balaban J connectivity index is 1.17. The minimum Gasteiger partial charge on any atom is -0.256 e. The smallest absolute Gasteiger partial charge is 0.0714 e. The van der Waals surface area contributed by atoms with Crippen LogP contribution in [0.2, 0.25) is 0 Å². The van der Waals surface area contributed by atoms with E-state index >= 15 is 0 Å². The molecule has 10 aromatic rings. The SMILES string of the molecule is c1ccc(-c2cccc3c(-c4c5ccccc5c(-c5cccc(-c6ccnc(-c7cccc8ccccc78)c6)c5)c5ccccc45)cccc23)cc1. The number of hydrogen-bond donors (Lipinski definition) is 0. The number of nitrogens with zero attached hydrogens (tertiary/aromatic N) is 1. The molecule has 0 aliphatic rings. The molecule has 0 atom stereocenters. The zero-order valence-electron chi connectivity index (χ0n) is 28.5. The highest BCUT2D eigenvalue weighted by Gasteiger charge is 2.19. The standard InChI is InChI=1S/C51H33N/c1-2-14-34(15-3-1)39-25-12-27-42-41(39)26-13-29-44(42)51-47-23-8-6-21-45(47)50(46-22-7-9-24-48(46)51)38-19-10-18-36(32-38)37-30-31-52-49(33-37)43-28-11-17-35-16-4-5-20-40(35)43/h1-33H. The Kier molecular flexibility index (Phi) is 7.22. The van der Waals surface area contributed by atoms with E-state index in [2.05, 4.69) is 194 Å². The first kappa shape index (κ1) is 30.0. The van der Waals surface area contributed by atoms with Crippen molar-refractivity contribution >= 4 is 43.1 Å². The van der Waals surface area contributed by atoms with Crippen molar-refractivity contribution in [2.75, 3.05) is 0 Å². The van der Waals surface area contributed by atoms with Gasteiger partial charge in [0.05, 0.1) is 5.69 Å². The fourth-order valence-electron chi connectivity index (χ4n) is 8.19. The second-order valence-corrected chi connectivity index (χ2v) is 13.5. The van der Waals surface area contributed by atoms with Crippen molar-refractivity contribution in [1.29, 1.82) is 0 Å². The molecule has 0 fully saturated rings. The quantitative estimate of drug-likeness (QED) is 0.168. The molecule has 1 heterocycles. The maximum Gasteiger partial charge on any atom is 0.0714 e. The van der Waals surface area contributed by atoms with E-state index in [-0.39, 0.29) is 0 Å². The van der Waals surface area contributed by atoms with E-state index in [4.69, 9.17) is 4.98 Å². The summed E-state index contributed by atoms with van der Waals surface area (Å²) in [6, 6.07) is 70.4. The molecule has 9 aromatic carbocycles. The van der Waals surface area contributed by atoms with E-state index in [1.54, 1.807) is 0 Å². The Morgan fingerprint density at radius 3 is 1.50 bits per heavy atom. The summed E-state index contributed by atoms with van der Waals surface area (Å²) in [7, 11) is 0. The molecule has 0 aliphatic carbocycles. The van der Waals surface area contributed by atoms with Gasteiger partial charge in [0.15, 0.2) is 0 Å². The molecule has 1 aromatic heterocycles. The maximum atomic E-state index is 4.83. The van der Waals surface area contributed by atoms with Crippen LogP contribution in [0.4, 0.5) is 0 Å². The van der Waals surface area contributed by atoms with Crippen molar-refractivity contribution in [3.63, 3.8) is 0 Å². The molecular weight excluding hydrogens is 627 g/mol. The first-order valence-corrected chi connectivity index (χ1v) is 17.9. The summed E-state index contributed by atoms with van der Waals surface area (Å²) in [6.45, 7) is 0. The van der Waals surface area contributed by atoms with Gasteiger partial charge >= 0.3 is 0 Å². The van der Waals surface area contributed by atoms with Crippen LogP contribution in [0.3, 0.4) is 0 Å². The lowest BCUT2D eigenvalue weighted by Crippen LogP contribution is -1.92. The topological polar surface area (TPSA) is 12.9 Å². The van der Waals surface area contributed by atoms with Crippen molar-refractivity contribution in [3.05, 3.63) is 200 Å². The van der Waals surface area contributed by atoms with Crippen LogP contribution in [0.25, 0.3) is 98.9 Å². The van der Waals surface area contributed by atoms with Gasteiger partial charge in [-0.25, -0.2) is 0 Å². The molecule has 0 spiro atoms. The average molecular weight is 660 g/mol. The van der Waals surface area contributed by atoms with Gasteiger partial charge in [-0.15, -0.1) is 0 Å². The summed E-state index contributed by atoms with van der Waals surface area (Å²) in [4.78, 5) is 4.83. The van der Waals surface area contributed by atoms with Crippen molar-refractivity contribution in [3.8, 4) is 55.8 Å². The van der Waals surface area contributed by atoms with Gasteiger partial charge in [-0.1, -0.05) is 176 Å². The zero-order chi connectivity index (χ0) is 34.4. The molecule has 1 heteroatoms. The molecule has 0 amide bonds. The van der Waals surface area contributed by atoms with E-state index in [1.807, 2.05) is 6.20 Å². The number of hydrogen-bond acceptors (Lipinski definition) is 1. The Labute approximate surface area is 303 Å². The Morgan fingerprint density at radius 1 is 0.269 bits per heavy atom. The number of fused-ring (bicyclic) bond motifs is 4. The first-order chi connectivity index (χ1) is 25.8. The maximum absolute atomic E-state index is 4.83. The van der Waals surface area contributed by atoms with E-state index in [0.29, 0.717) is 0 Å². The fraction of sp³-hybridized carbons (Fsp3) is 0. The highest BCUT2D eigenvalue weighted by Crippen LogP contribution is 2.46. The van der Waals surface area contributed by atoms with Crippen molar-refractivity contribution in [2.24, 2.45) is 0 Å². The van der Waals surface area contributed by atoms with Gasteiger partial charge in [0, 0.05) is 11.8 Å². The lowest BCUT2D eigenvalue weighted by molar-refractivity contribution is 1.33. The predicted octanol–water partition coefficient (Wildman–Crippen LogP) is 14.0. The van der Waals surface area contributed by atoms with Crippen molar-refractivity contribution in [2.45, 2.75) is 0 Å². The Bertz CT molecular complexity index is 2890. The third-order valence-electron chi connectivity index (χ3n) is 10.5. The summed E-state index contributed by atoms with van der Waals surface area (Å²) in [6.07, 6.45) is 1.94. The Hall–Kier alpha value is -6.83. The van der Waals surface area contributed by atoms with E-state index < -0.39 is 0 Å². The second kappa shape index (κ2) is 12.5. The molecule has 1 nitrogen and oxygen atoms in total. The van der Waals surface area contributed by atoms with Crippen molar-refractivity contribution < 1.29 is 0 Å². The van der Waals surface area contributed by atoms with Gasteiger partial charge in [-0.2, -0.15) is 0 Å². The molecule has 0 aliphatic heterocycles. The average Bonchev–Trinajstić information content (AvgIpc) is 3.22. The van der Waals surface area contributed by atoms with Crippen LogP contribution in [0.1, 0.15) is 0 Å². The molecule has 0 unspecified atom stereocenters. The zero-order valence-corrected chi connectivity index (χ0v) is 28.5. The van der Waals surface area contributed by atoms with Crippen LogP contribution in [-0.2, 0) is 0 Å². The summed E-state index contributed by atoms with van der Waals surface area (Å²) < 4.78 is 0. The van der Waals surface area contributed by atoms with Gasteiger partial charge in [-0.05, 0) is 106 Å². The number of rotatable bonds is 5. The molecular formula is C51H33N. The van der Waals surface area contributed by atoms with Gasteiger partial charge in [0.25, 0.3) is 0 Å². The van der Waals surface area contributed by atoms with Gasteiger partial charge in [-0.3, -0.25) is 4.98 Å². The van der Waals surface area contributed by atoms with Crippen LogP contribution >= 0.6 is 0 Å². The molecule has 0 saturated heterocycles. The molecule has 0 saturated carbocycles. The summed E-state index contributed by atoms with van der Waals surface area (Å²) >= 11 is 0. The molecule has 10 rings (SSSR count).